The van der Waals surface area contributed by atoms with Gasteiger partial charge < -0.3 is 68.9 Å². The highest BCUT2D eigenvalue weighted by atomic mass is 16.4. The number of likely N-dealkylation sites (tertiary alicyclic amines) is 1. The van der Waals surface area contributed by atoms with E-state index in [1.807, 2.05) is 0 Å². The summed E-state index contributed by atoms with van der Waals surface area (Å²) < 4.78 is 0. The molecule has 0 saturated carbocycles. The molecule has 0 aromatic carbocycles. The molecule has 0 unspecified atom stereocenters. The summed E-state index contributed by atoms with van der Waals surface area (Å²) in [4.78, 5) is 130. The highest BCUT2D eigenvalue weighted by molar-refractivity contribution is 5.98. The van der Waals surface area contributed by atoms with Gasteiger partial charge in [0.2, 0.25) is 47.3 Å². The predicted octanol–water partition coefficient (Wildman–Crippen LogP) is -3.47. The van der Waals surface area contributed by atoms with Crippen molar-refractivity contribution in [1.82, 2.24) is 42.1 Å². The van der Waals surface area contributed by atoms with Crippen LogP contribution >= 0.6 is 0 Å². The van der Waals surface area contributed by atoms with Gasteiger partial charge in [0, 0.05) is 13.0 Å². The average molecular weight is 885 g/mol. The lowest BCUT2D eigenvalue weighted by Gasteiger charge is -2.32. The first-order valence-electron chi connectivity index (χ1n) is 20.9. The molecule has 1 rings (SSSR count). The van der Waals surface area contributed by atoms with Crippen LogP contribution in [0.5, 0.6) is 0 Å². The van der Waals surface area contributed by atoms with Crippen LogP contribution in [0.25, 0.3) is 0 Å². The molecule has 10 atom stereocenters. The number of amides is 8. The van der Waals surface area contributed by atoms with Crippen LogP contribution in [-0.2, 0) is 47.9 Å². The third-order valence-electron chi connectivity index (χ3n) is 10.4. The van der Waals surface area contributed by atoms with Gasteiger partial charge >= 0.3 is 11.9 Å². The van der Waals surface area contributed by atoms with Crippen molar-refractivity contribution in [2.45, 2.75) is 154 Å². The lowest BCUT2D eigenvalue weighted by atomic mass is 9.97. The average Bonchev–Trinajstić information content (AvgIpc) is 3.71. The van der Waals surface area contributed by atoms with Gasteiger partial charge in [-0.1, -0.05) is 34.1 Å². The molecule has 62 heavy (non-hydrogen) atoms. The smallest absolute Gasteiger partial charge is 0.326 e. The molecule has 0 aliphatic carbocycles. The molecule has 352 valence electrons. The van der Waals surface area contributed by atoms with Crippen molar-refractivity contribution in [1.29, 1.82) is 0 Å². The number of carbonyl (C=O) groups excluding carboxylic acids is 8. The van der Waals surface area contributed by atoms with Gasteiger partial charge in [0.05, 0.1) is 12.6 Å². The maximum absolute atomic E-state index is 13.7. The Morgan fingerprint density at radius 2 is 1.21 bits per heavy atom. The van der Waals surface area contributed by atoms with Crippen molar-refractivity contribution in [2.75, 3.05) is 19.7 Å². The van der Waals surface area contributed by atoms with E-state index < -0.39 is 139 Å². The first-order valence-corrected chi connectivity index (χ1v) is 20.9. The number of aliphatic carboxylic acids is 2. The van der Waals surface area contributed by atoms with E-state index in [1.165, 1.54) is 25.7 Å². The van der Waals surface area contributed by atoms with Crippen LogP contribution in [0.15, 0.2) is 0 Å². The maximum atomic E-state index is 13.7. The number of carboxylic acids is 2. The SMILES string of the molecule is CC[C@H](C)[C@H](NC(=O)[C@@H]1CCCN1C(=O)[C@@H](NC(=O)[C@H](C)N)C(C)C)C(=O)N[C@@H](C)C(=O)N[C@@H](C)C(=O)N[C@@H](CCCCN)C(=O)N[C@@H](CO)C(=O)N[C@@H](CCC(=O)O)C(=O)O. The minimum Gasteiger partial charge on any atom is -0.481 e. The van der Waals surface area contributed by atoms with Gasteiger partial charge in [-0.2, -0.15) is 0 Å². The van der Waals surface area contributed by atoms with Crippen LogP contribution in [0, 0.1) is 11.8 Å². The quantitative estimate of drug-likeness (QED) is 0.0357. The van der Waals surface area contributed by atoms with Crippen molar-refractivity contribution in [3.8, 4) is 0 Å². The first kappa shape index (κ1) is 54.6. The zero-order chi connectivity index (χ0) is 47.4. The molecule has 0 aromatic heterocycles. The summed E-state index contributed by atoms with van der Waals surface area (Å²) in [6.07, 6.45) is 0.999. The molecule has 0 spiro atoms. The molecule has 1 heterocycles. The Morgan fingerprint density at radius 3 is 1.73 bits per heavy atom. The molecular formula is C39H68N10O13. The molecule has 23 heteroatoms. The monoisotopic (exact) mass is 884 g/mol. The molecular weight excluding hydrogens is 816 g/mol. The van der Waals surface area contributed by atoms with E-state index in [9.17, 15) is 58.2 Å². The van der Waals surface area contributed by atoms with E-state index in [-0.39, 0.29) is 25.4 Å². The van der Waals surface area contributed by atoms with Gasteiger partial charge in [-0.15, -0.1) is 0 Å². The molecule has 1 saturated heterocycles. The molecule has 0 radical (unpaired) electrons. The second kappa shape index (κ2) is 26.8. The van der Waals surface area contributed by atoms with Crippen molar-refractivity contribution in [3.63, 3.8) is 0 Å². The van der Waals surface area contributed by atoms with Crippen molar-refractivity contribution in [2.24, 2.45) is 23.3 Å². The summed E-state index contributed by atoms with van der Waals surface area (Å²) >= 11 is 0. The van der Waals surface area contributed by atoms with E-state index in [1.54, 1.807) is 27.7 Å². The minimum atomic E-state index is -1.68. The molecule has 0 bridgehead atoms. The number of aliphatic hydroxyl groups excluding tert-OH is 1. The Balaban J connectivity index is 3.03. The van der Waals surface area contributed by atoms with Gasteiger partial charge in [-0.05, 0) is 77.7 Å². The zero-order valence-corrected chi connectivity index (χ0v) is 36.7. The Morgan fingerprint density at radius 1 is 0.661 bits per heavy atom. The van der Waals surface area contributed by atoms with Crippen LogP contribution in [0.2, 0.25) is 0 Å². The number of rotatable bonds is 27. The number of aliphatic hydroxyl groups is 1. The fraction of sp³-hybridized carbons (Fsp3) is 0.744. The lowest BCUT2D eigenvalue weighted by Crippen LogP contribution is -2.60. The number of nitrogens with one attached hydrogen (secondary N) is 7. The van der Waals surface area contributed by atoms with Gasteiger partial charge in [-0.25, -0.2) is 4.79 Å². The summed E-state index contributed by atoms with van der Waals surface area (Å²) in [5.74, 6) is -9.54. The number of nitrogens with zero attached hydrogens (tertiary/aromatic N) is 1. The molecule has 1 aliphatic heterocycles. The largest absolute Gasteiger partial charge is 0.481 e. The highest BCUT2D eigenvalue weighted by Crippen LogP contribution is 2.21. The van der Waals surface area contributed by atoms with Gasteiger partial charge in [0.25, 0.3) is 0 Å². The number of nitrogens with two attached hydrogens (primary N) is 2. The normalized spacial score (nSPS) is 18.0. The molecule has 8 amide bonds. The summed E-state index contributed by atoms with van der Waals surface area (Å²) in [5, 5.41) is 45.3. The van der Waals surface area contributed by atoms with Crippen LogP contribution in [-0.4, -0.2) is 153 Å². The molecule has 14 N–H and O–H groups in total. The fourth-order valence-corrected chi connectivity index (χ4v) is 6.33. The Labute approximate surface area is 361 Å². The molecule has 23 nitrogen and oxygen atoms in total. The maximum Gasteiger partial charge on any atom is 0.326 e. The van der Waals surface area contributed by atoms with Crippen LogP contribution in [0.1, 0.15) is 99.8 Å². The van der Waals surface area contributed by atoms with Crippen molar-refractivity contribution >= 4 is 59.2 Å². The fourth-order valence-electron chi connectivity index (χ4n) is 6.33. The predicted molar refractivity (Wildman–Crippen MR) is 222 cm³/mol. The summed E-state index contributed by atoms with van der Waals surface area (Å²) in [6.45, 7) is 10.7. The second-order valence-corrected chi connectivity index (χ2v) is 16.0. The Bertz CT molecular complexity index is 1600. The van der Waals surface area contributed by atoms with Crippen LogP contribution in [0.3, 0.4) is 0 Å². The van der Waals surface area contributed by atoms with E-state index in [0.717, 1.165) is 0 Å². The number of carbonyl (C=O) groups is 10. The summed E-state index contributed by atoms with van der Waals surface area (Å²) in [6, 6.07) is -11.0. The topological polar surface area (TPSA) is 371 Å². The number of hydrogen-bond donors (Lipinski definition) is 12. The summed E-state index contributed by atoms with van der Waals surface area (Å²) in [7, 11) is 0. The van der Waals surface area contributed by atoms with E-state index in [0.29, 0.717) is 32.1 Å². The molecule has 1 fully saturated rings. The molecule has 0 aromatic rings. The second-order valence-electron chi connectivity index (χ2n) is 16.0. The number of hydrogen-bond acceptors (Lipinski definition) is 13. The van der Waals surface area contributed by atoms with Crippen molar-refractivity contribution in [3.05, 3.63) is 0 Å². The van der Waals surface area contributed by atoms with Gasteiger partial charge in [0.1, 0.15) is 48.3 Å². The highest BCUT2D eigenvalue weighted by Gasteiger charge is 2.41. The minimum absolute atomic E-state index is 0.00988. The zero-order valence-electron chi connectivity index (χ0n) is 36.7. The van der Waals surface area contributed by atoms with E-state index >= 15 is 0 Å². The van der Waals surface area contributed by atoms with E-state index in [4.69, 9.17) is 16.6 Å². The Kier molecular flexibility index (Phi) is 23.6. The van der Waals surface area contributed by atoms with Gasteiger partial charge in [0.15, 0.2) is 0 Å². The first-order chi connectivity index (χ1) is 29.0. The van der Waals surface area contributed by atoms with Crippen LogP contribution in [0.4, 0.5) is 0 Å². The molecule has 1 aliphatic rings. The Hall–Kier alpha value is -5.42. The number of unbranched alkanes of at least 4 members (excludes halogenated alkanes) is 1. The summed E-state index contributed by atoms with van der Waals surface area (Å²) in [5.41, 5.74) is 11.3. The van der Waals surface area contributed by atoms with Gasteiger partial charge in [-0.3, -0.25) is 43.2 Å². The van der Waals surface area contributed by atoms with E-state index in [2.05, 4.69) is 37.2 Å². The van der Waals surface area contributed by atoms with Crippen molar-refractivity contribution < 1.29 is 63.3 Å². The lowest BCUT2D eigenvalue weighted by molar-refractivity contribution is -0.144. The number of carboxylic acid groups (broad SMARTS) is 2. The third-order valence-corrected chi connectivity index (χ3v) is 10.4. The standard InChI is InChI=1S/C39H68N10O13/c1-8-20(4)30(48-36(58)27-13-11-17-49(27)38(60)29(19(2)3)47-31(53)21(5)41)37(59)43-22(6)32(54)42-23(7)33(55)44-24(12-9-10-16-40)34(56)46-26(18-50)35(57)45-25(39(61)62)14-15-28(51)52/h19-27,29-30,50H,8-18,40-41H2,1-7H3,(H,42,54)(H,43,59)(H,44,55)(H,45,57)(H,46,56)(H,47,53)(H,48,58)(H,51,52)(H,61,62)/t20-,21-,22-,23-,24-,25-,26-,27-,29-,30-/m0/s1. The third kappa shape index (κ3) is 17.5. The van der Waals surface area contributed by atoms with Crippen LogP contribution < -0.4 is 48.7 Å².